The molecule has 0 spiro atoms. The predicted octanol–water partition coefficient (Wildman–Crippen LogP) is 1.64. The van der Waals surface area contributed by atoms with Gasteiger partial charge in [-0.25, -0.2) is 4.79 Å². The average molecular weight is 296 g/mol. The molecule has 0 unspecified atom stereocenters. The van der Waals surface area contributed by atoms with Gasteiger partial charge in [0.25, 0.3) is 5.69 Å². The highest BCUT2D eigenvalue weighted by Gasteiger charge is 2.43. The molecule has 2 atom stereocenters. The van der Waals surface area contributed by atoms with Crippen LogP contribution in [-0.2, 0) is 9.59 Å². The SMILES string of the molecule is CC(=O)N1[C@H](C(=O)O)CS[C@H]1c1ccccc1[N+](=O)[O-]. The molecule has 2 rings (SSSR count). The second kappa shape index (κ2) is 5.49. The van der Waals surface area contributed by atoms with Crippen LogP contribution in [0.3, 0.4) is 0 Å². The van der Waals surface area contributed by atoms with Gasteiger partial charge in [-0.15, -0.1) is 11.8 Å². The smallest absolute Gasteiger partial charge is 0.327 e. The van der Waals surface area contributed by atoms with E-state index in [1.807, 2.05) is 0 Å². The van der Waals surface area contributed by atoms with Crippen molar-refractivity contribution >= 4 is 29.3 Å². The molecule has 7 nitrogen and oxygen atoms in total. The molecule has 1 heterocycles. The number of hydrogen-bond donors (Lipinski definition) is 1. The number of nitrogens with zero attached hydrogens (tertiary/aromatic N) is 2. The van der Waals surface area contributed by atoms with E-state index in [-0.39, 0.29) is 11.4 Å². The topological polar surface area (TPSA) is 101 Å². The Morgan fingerprint density at radius 1 is 1.45 bits per heavy atom. The molecule has 0 radical (unpaired) electrons. The number of carboxylic acid groups (broad SMARTS) is 1. The van der Waals surface area contributed by atoms with Crippen molar-refractivity contribution in [2.45, 2.75) is 18.3 Å². The van der Waals surface area contributed by atoms with Gasteiger partial charge in [0.15, 0.2) is 0 Å². The number of amides is 1. The Labute approximate surface area is 118 Å². The molecule has 0 bridgehead atoms. The van der Waals surface area contributed by atoms with Crippen LogP contribution in [0.5, 0.6) is 0 Å². The zero-order valence-corrected chi connectivity index (χ0v) is 11.4. The highest BCUT2D eigenvalue weighted by Crippen LogP contribution is 2.44. The number of aliphatic carboxylic acids is 1. The molecule has 106 valence electrons. The van der Waals surface area contributed by atoms with Crippen molar-refractivity contribution in [3.05, 3.63) is 39.9 Å². The first-order valence-electron chi connectivity index (χ1n) is 5.80. The molecule has 0 aromatic heterocycles. The number of carbonyl (C=O) groups is 2. The summed E-state index contributed by atoms with van der Waals surface area (Å²) in [5.41, 5.74) is 0.240. The lowest BCUT2D eigenvalue weighted by atomic mass is 10.1. The Kier molecular flexibility index (Phi) is 3.93. The first-order chi connectivity index (χ1) is 9.43. The van der Waals surface area contributed by atoms with Crippen LogP contribution in [0.4, 0.5) is 5.69 Å². The first kappa shape index (κ1) is 14.3. The van der Waals surface area contributed by atoms with Crippen LogP contribution in [0.2, 0.25) is 0 Å². The number of carboxylic acids is 1. The van der Waals surface area contributed by atoms with Crippen LogP contribution in [0, 0.1) is 10.1 Å². The Balaban J connectivity index is 2.45. The van der Waals surface area contributed by atoms with Crippen molar-refractivity contribution in [3.8, 4) is 0 Å². The quantitative estimate of drug-likeness (QED) is 0.672. The van der Waals surface area contributed by atoms with E-state index in [2.05, 4.69) is 0 Å². The number of nitro benzene ring substituents is 1. The van der Waals surface area contributed by atoms with Crippen molar-refractivity contribution < 1.29 is 19.6 Å². The van der Waals surface area contributed by atoms with E-state index in [0.717, 1.165) is 0 Å². The van der Waals surface area contributed by atoms with Gasteiger partial charge in [-0.3, -0.25) is 14.9 Å². The molecule has 20 heavy (non-hydrogen) atoms. The number of para-hydroxylation sites is 1. The number of rotatable bonds is 3. The standard InChI is InChI=1S/C12H12N2O5S/c1-7(15)13-10(12(16)17)6-20-11(13)8-4-2-3-5-9(8)14(18)19/h2-5,10-11H,6H2,1H3,(H,16,17)/t10-,11-/m0/s1. The van der Waals surface area contributed by atoms with E-state index in [9.17, 15) is 19.7 Å². The maximum absolute atomic E-state index is 11.7. The zero-order chi connectivity index (χ0) is 14.9. The average Bonchev–Trinajstić information content (AvgIpc) is 2.83. The minimum atomic E-state index is -1.10. The van der Waals surface area contributed by atoms with Gasteiger partial charge in [-0.2, -0.15) is 0 Å². The number of benzene rings is 1. The summed E-state index contributed by atoms with van der Waals surface area (Å²) in [6, 6.07) is 5.11. The summed E-state index contributed by atoms with van der Waals surface area (Å²) in [6.45, 7) is 1.27. The number of thioether (sulfide) groups is 1. The van der Waals surface area contributed by atoms with Crippen LogP contribution in [0.1, 0.15) is 17.9 Å². The molecule has 1 saturated heterocycles. The van der Waals surface area contributed by atoms with Crippen molar-refractivity contribution in [1.29, 1.82) is 0 Å². The molecule has 0 aliphatic carbocycles. The third-order valence-corrected chi connectivity index (χ3v) is 4.35. The molecule has 1 fully saturated rings. The molecular formula is C12H12N2O5S. The maximum Gasteiger partial charge on any atom is 0.327 e. The molecule has 1 aliphatic rings. The summed E-state index contributed by atoms with van der Waals surface area (Å²) in [6.07, 6.45) is 0. The zero-order valence-electron chi connectivity index (χ0n) is 10.6. The Morgan fingerprint density at radius 3 is 2.65 bits per heavy atom. The van der Waals surface area contributed by atoms with E-state index in [1.54, 1.807) is 12.1 Å². The fourth-order valence-electron chi connectivity index (χ4n) is 2.18. The summed E-state index contributed by atoms with van der Waals surface area (Å²) in [4.78, 5) is 34.6. The minimum Gasteiger partial charge on any atom is -0.480 e. The molecular weight excluding hydrogens is 284 g/mol. The summed E-state index contributed by atoms with van der Waals surface area (Å²) in [5, 5.41) is 19.5. The minimum absolute atomic E-state index is 0.109. The fraction of sp³-hybridized carbons (Fsp3) is 0.333. The van der Waals surface area contributed by atoms with Crippen molar-refractivity contribution in [1.82, 2.24) is 4.90 Å². The predicted molar refractivity (Wildman–Crippen MR) is 72.2 cm³/mol. The van der Waals surface area contributed by atoms with Gasteiger partial charge in [0, 0.05) is 18.7 Å². The Hall–Kier alpha value is -2.09. The second-order valence-corrected chi connectivity index (χ2v) is 5.40. The highest BCUT2D eigenvalue weighted by atomic mass is 32.2. The lowest BCUT2D eigenvalue weighted by Gasteiger charge is -2.25. The van der Waals surface area contributed by atoms with Gasteiger partial charge in [-0.05, 0) is 6.07 Å². The molecule has 1 aromatic rings. The van der Waals surface area contributed by atoms with Crippen molar-refractivity contribution in [2.24, 2.45) is 0 Å². The van der Waals surface area contributed by atoms with E-state index >= 15 is 0 Å². The van der Waals surface area contributed by atoms with Crippen LogP contribution >= 0.6 is 11.8 Å². The molecule has 8 heteroatoms. The lowest BCUT2D eigenvalue weighted by molar-refractivity contribution is -0.385. The molecule has 0 saturated carbocycles. The van der Waals surface area contributed by atoms with E-state index in [4.69, 9.17) is 5.11 Å². The number of carbonyl (C=O) groups excluding carboxylic acids is 1. The number of nitro groups is 1. The maximum atomic E-state index is 11.7. The molecule has 1 aromatic carbocycles. The van der Waals surface area contributed by atoms with Gasteiger partial charge >= 0.3 is 5.97 Å². The van der Waals surface area contributed by atoms with E-state index < -0.39 is 28.2 Å². The summed E-state index contributed by atoms with van der Waals surface area (Å²) < 4.78 is 0. The third-order valence-electron chi connectivity index (χ3n) is 3.05. The second-order valence-electron chi connectivity index (χ2n) is 4.28. The summed E-state index contributed by atoms with van der Waals surface area (Å²) >= 11 is 1.22. The summed E-state index contributed by atoms with van der Waals surface area (Å²) in [5.74, 6) is -1.30. The highest BCUT2D eigenvalue weighted by molar-refractivity contribution is 7.99. The van der Waals surface area contributed by atoms with Gasteiger partial charge in [-0.1, -0.05) is 12.1 Å². The molecule has 1 aliphatic heterocycles. The Bertz CT molecular complexity index is 577. The Morgan fingerprint density at radius 2 is 2.10 bits per heavy atom. The summed E-state index contributed by atoms with van der Waals surface area (Å²) in [7, 11) is 0. The van der Waals surface area contributed by atoms with Crippen molar-refractivity contribution in [3.63, 3.8) is 0 Å². The third kappa shape index (κ3) is 2.46. The first-order valence-corrected chi connectivity index (χ1v) is 6.85. The molecule has 1 N–H and O–H groups in total. The normalized spacial score (nSPS) is 21.8. The lowest BCUT2D eigenvalue weighted by Crippen LogP contribution is -2.41. The van der Waals surface area contributed by atoms with Crippen LogP contribution in [0.15, 0.2) is 24.3 Å². The fourth-order valence-corrected chi connectivity index (χ4v) is 3.69. The van der Waals surface area contributed by atoms with Crippen LogP contribution < -0.4 is 0 Å². The largest absolute Gasteiger partial charge is 0.480 e. The van der Waals surface area contributed by atoms with E-state index in [1.165, 1.54) is 35.7 Å². The van der Waals surface area contributed by atoms with E-state index in [0.29, 0.717) is 5.56 Å². The van der Waals surface area contributed by atoms with Crippen LogP contribution in [0.25, 0.3) is 0 Å². The van der Waals surface area contributed by atoms with Gasteiger partial charge in [0.2, 0.25) is 5.91 Å². The number of hydrogen-bond acceptors (Lipinski definition) is 5. The molecule has 1 amide bonds. The van der Waals surface area contributed by atoms with Gasteiger partial charge < -0.3 is 10.0 Å². The van der Waals surface area contributed by atoms with Gasteiger partial charge in [0.1, 0.15) is 11.4 Å². The van der Waals surface area contributed by atoms with Gasteiger partial charge in [0.05, 0.1) is 10.5 Å². The van der Waals surface area contributed by atoms with Crippen molar-refractivity contribution in [2.75, 3.05) is 5.75 Å². The monoisotopic (exact) mass is 296 g/mol. The van der Waals surface area contributed by atoms with Crippen LogP contribution in [-0.4, -0.2) is 38.6 Å².